The molecule has 0 saturated heterocycles. The third-order valence-corrected chi connectivity index (χ3v) is 4.44. The lowest BCUT2D eigenvalue weighted by Gasteiger charge is -2.16. The fourth-order valence-corrected chi connectivity index (χ4v) is 3.38. The minimum Gasteiger partial charge on any atom is -0.481 e. The number of amides is 1. The maximum absolute atomic E-state index is 14.1. The Morgan fingerprint density at radius 2 is 2.14 bits per heavy atom. The first kappa shape index (κ1) is 16.4. The molecule has 22 heavy (non-hydrogen) atoms. The SMILES string of the molecule is COCc1c(C(=O)N(C)CCC(=O)O)sc2cccc(F)c12. The normalized spacial score (nSPS) is 10.9. The molecule has 118 valence electrons. The number of aliphatic carboxylic acids is 1. The molecule has 0 unspecified atom stereocenters. The second-order valence-corrected chi connectivity index (χ2v) is 5.88. The minimum atomic E-state index is -0.973. The van der Waals surface area contributed by atoms with Gasteiger partial charge in [-0.25, -0.2) is 4.39 Å². The highest BCUT2D eigenvalue weighted by Crippen LogP contribution is 2.34. The maximum Gasteiger partial charge on any atom is 0.305 e. The van der Waals surface area contributed by atoms with Crippen LogP contribution in [-0.4, -0.2) is 42.6 Å². The maximum atomic E-state index is 14.1. The van der Waals surface area contributed by atoms with Crippen molar-refractivity contribution in [3.63, 3.8) is 0 Å². The van der Waals surface area contributed by atoms with Gasteiger partial charge >= 0.3 is 5.97 Å². The Kier molecular flexibility index (Phi) is 5.10. The van der Waals surface area contributed by atoms with Crippen LogP contribution in [0.5, 0.6) is 0 Å². The Balaban J connectivity index is 2.41. The zero-order chi connectivity index (χ0) is 16.3. The van der Waals surface area contributed by atoms with Crippen LogP contribution in [-0.2, 0) is 16.1 Å². The Morgan fingerprint density at radius 3 is 2.77 bits per heavy atom. The van der Waals surface area contributed by atoms with Gasteiger partial charge in [0.25, 0.3) is 5.91 Å². The molecule has 1 aromatic carbocycles. The van der Waals surface area contributed by atoms with Gasteiger partial charge in [0.05, 0.1) is 17.9 Å². The van der Waals surface area contributed by atoms with Crippen LogP contribution in [0, 0.1) is 5.82 Å². The van der Waals surface area contributed by atoms with Gasteiger partial charge in [-0.05, 0) is 12.1 Å². The van der Waals surface area contributed by atoms with Crippen LogP contribution in [0.15, 0.2) is 18.2 Å². The number of carboxylic acid groups (broad SMARTS) is 1. The topological polar surface area (TPSA) is 66.8 Å². The largest absolute Gasteiger partial charge is 0.481 e. The van der Waals surface area contributed by atoms with E-state index in [-0.39, 0.29) is 25.5 Å². The molecule has 0 aliphatic heterocycles. The molecule has 0 spiro atoms. The van der Waals surface area contributed by atoms with E-state index in [4.69, 9.17) is 9.84 Å². The van der Waals surface area contributed by atoms with E-state index >= 15 is 0 Å². The van der Waals surface area contributed by atoms with Gasteiger partial charge in [0.2, 0.25) is 0 Å². The Hall–Kier alpha value is -1.99. The molecular weight excluding hydrogens is 309 g/mol. The molecule has 1 heterocycles. The van der Waals surface area contributed by atoms with Crippen molar-refractivity contribution in [2.75, 3.05) is 20.7 Å². The number of nitrogens with zero attached hydrogens (tertiary/aromatic N) is 1. The lowest BCUT2D eigenvalue weighted by Crippen LogP contribution is -2.29. The number of ether oxygens (including phenoxy) is 1. The summed E-state index contributed by atoms with van der Waals surface area (Å²) in [7, 11) is 3.01. The lowest BCUT2D eigenvalue weighted by atomic mass is 10.1. The van der Waals surface area contributed by atoms with Crippen molar-refractivity contribution in [3.8, 4) is 0 Å². The van der Waals surface area contributed by atoms with Gasteiger partial charge in [-0.3, -0.25) is 9.59 Å². The number of fused-ring (bicyclic) bond motifs is 1. The van der Waals surface area contributed by atoms with Crippen molar-refractivity contribution in [2.24, 2.45) is 0 Å². The smallest absolute Gasteiger partial charge is 0.305 e. The molecule has 1 N–H and O–H groups in total. The van der Waals surface area contributed by atoms with Gasteiger partial charge in [0.1, 0.15) is 5.82 Å². The summed E-state index contributed by atoms with van der Waals surface area (Å²) < 4.78 is 19.8. The second kappa shape index (κ2) is 6.85. The third-order valence-electron chi connectivity index (χ3n) is 3.25. The molecule has 0 bridgehead atoms. The van der Waals surface area contributed by atoms with Crippen molar-refractivity contribution in [1.82, 2.24) is 4.90 Å². The van der Waals surface area contributed by atoms with Gasteiger partial charge in [0, 0.05) is 36.4 Å². The van der Waals surface area contributed by atoms with Crippen LogP contribution in [0.1, 0.15) is 21.7 Å². The van der Waals surface area contributed by atoms with Crippen LogP contribution in [0.3, 0.4) is 0 Å². The highest BCUT2D eigenvalue weighted by Gasteiger charge is 2.23. The fraction of sp³-hybridized carbons (Fsp3) is 0.333. The average Bonchev–Trinajstić information content (AvgIpc) is 2.84. The number of thiophene rings is 1. The predicted octanol–water partition coefficient (Wildman–Crippen LogP) is 2.73. The molecule has 1 aromatic heterocycles. The van der Waals surface area contributed by atoms with Crippen molar-refractivity contribution in [3.05, 3.63) is 34.5 Å². The van der Waals surface area contributed by atoms with E-state index in [1.165, 1.54) is 36.5 Å². The number of halogens is 1. The number of carboxylic acids is 1. The summed E-state index contributed by atoms with van der Waals surface area (Å²) in [5.74, 6) is -1.69. The third kappa shape index (κ3) is 3.26. The predicted molar refractivity (Wildman–Crippen MR) is 81.7 cm³/mol. The first-order valence-electron chi connectivity index (χ1n) is 6.61. The van der Waals surface area contributed by atoms with E-state index in [1.54, 1.807) is 12.1 Å². The molecule has 1 amide bonds. The summed E-state index contributed by atoms with van der Waals surface area (Å²) in [4.78, 5) is 24.8. The molecule has 5 nitrogen and oxygen atoms in total. The molecule has 7 heteroatoms. The van der Waals surface area contributed by atoms with Crippen LogP contribution >= 0.6 is 11.3 Å². The summed E-state index contributed by atoms with van der Waals surface area (Å²) in [5, 5.41) is 9.09. The summed E-state index contributed by atoms with van der Waals surface area (Å²) in [5.41, 5.74) is 0.507. The summed E-state index contributed by atoms with van der Waals surface area (Å²) in [6, 6.07) is 4.68. The van der Waals surface area contributed by atoms with E-state index in [0.717, 1.165) is 0 Å². The van der Waals surface area contributed by atoms with E-state index in [1.807, 2.05) is 0 Å². The van der Waals surface area contributed by atoms with E-state index in [9.17, 15) is 14.0 Å². The van der Waals surface area contributed by atoms with Crippen LogP contribution in [0.4, 0.5) is 4.39 Å². The first-order chi connectivity index (χ1) is 10.5. The zero-order valence-corrected chi connectivity index (χ0v) is 13.1. The number of carbonyl (C=O) groups is 2. The Morgan fingerprint density at radius 1 is 1.41 bits per heavy atom. The Labute approximate surface area is 130 Å². The molecule has 0 saturated carbocycles. The average molecular weight is 325 g/mol. The van der Waals surface area contributed by atoms with Crippen molar-refractivity contribution in [2.45, 2.75) is 13.0 Å². The van der Waals surface area contributed by atoms with Crippen molar-refractivity contribution < 1.29 is 23.8 Å². The van der Waals surface area contributed by atoms with Crippen molar-refractivity contribution in [1.29, 1.82) is 0 Å². The highest BCUT2D eigenvalue weighted by atomic mass is 32.1. The number of hydrogen-bond donors (Lipinski definition) is 1. The molecule has 0 atom stereocenters. The van der Waals surface area contributed by atoms with E-state index in [2.05, 4.69) is 0 Å². The standard InChI is InChI=1S/C15H16FNO4S/c1-17(7-6-12(18)19)15(20)14-9(8-21-2)13-10(16)4-3-5-11(13)22-14/h3-5H,6-8H2,1-2H3,(H,18,19). The zero-order valence-electron chi connectivity index (χ0n) is 12.3. The van der Waals surface area contributed by atoms with Gasteiger partial charge in [0.15, 0.2) is 0 Å². The number of methoxy groups -OCH3 is 1. The quantitative estimate of drug-likeness (QED) is 0.887. The van der Waals surface area contributed by atoms with E-state index in [0.29, 0.717) is 20.5 Å². The Bertz CT molecular complexity index is 713. The number of carbonyl (C=O) groups excluding carboxylic acids is 1. The van der Waals surface area contributed by atoms with Gasteiger partial charge in [-0.2, -0.15) is 0 Å². The monoisotopic (exact) mass is 325 g/mol. The highest BCUT2D eigenvalue weighted by molar-refractivity contribution is 7.21. The first-order valence-corrected chi connectivity index (χ1v) is 7.43. The van der Waals surface area contributed by atoms with Crippen LogP contribution < -0.4 is 0 Å². The molecule has 2 rings (SSSR count). The molecule has 0 aliphatic rings. The summed E-state index contributed by atoms with van der Waals surface area (Å²) in [6.45, 7) is 0.214. The van der Waals surface area contributed by atoms with Gasteiger partial charge in [-0.15, -0.1) is 11.3 Å². The van der Waals surface area contributed by atoms with Crippen LogP contribution in [0.25, 0.3) is 10.1 Å². The molecular formula is C15H16FNO4S. The number of hydrogen-bond acceptors (Lipinski definition) is 4. The van der Waals surface area contributed by atoms with E-state index < -0.39 is 11.8 Å². The fourth-order valence-electron chi connectivity index (χ4n) is 2.16. The molecule has 2 aromatic rings. The second-order valence-electron chi connectivity index (χ2n) is 4.83. The van der Waals surface area contributed by atoms with Gasteiger partial charge < -0.3 is 14.7 Å². The minimum absolute atomic E-state index is 0.0946. The summed E-state index contributed by atoms with van der Waals surface area (Å²) in [6.07, 6.45) is -0.138. The lowest BCUT2D eigenvalue weighted by molar-refractivity contribution is -0.137. The molecule has 0 aliphatic carbocycles. The molecule has 0 fully saturated rings. The van der Waals surface area contributed by atoms with Crippen LogP contribution in [0.2, 0.25) is 0 Å². The number of rotatable bonds is 6. The summed E-state index contributed by atoms with van der Waals surface area (Å²) >= 11 is 1.19. The molecule has 0 radical (unpaired) electrons. The van der Waals surface area contributed by atoms with Gasteiger partial charge in [-0.1, -0.05) is 6.07 Å². The van der Waals surface area contributed by atoms with Crippen molar-refractivity contribution >= 4 is 33.3 Å². The number of benzene rings is 1.